The van der Waals surface area contributed by atoms with Gasteiger partial charge in [0.25, 0.3) is 11.8 Å². The number of sulfone groups is 1. The lowest BCUT2D eigenvalue weighted by atomic mass is 10.1. The lowest BCUT2D eigenvalue weighted by Gasteiger charge is -2.19. The van der Waals surface area contributed by atoms with Crippen LogP contribution < -0.4 is 4.90 Å². The Labute approximate surface area is 292 Å². The molecule has 2 amide bonds. The molecule has 0 saturated carbocycles. The molecule has 1 N–H and O–H groups in total. The number of amidine groups is 3. The molecule has 244 valence electrons. The van der Waals surface area contributed by atoms with Gasteiger partial charge in [-0.25, -0.2) is 13.4 Å². The molecule has 0 aliphatic carbocycles. The van der Waals surface area contributed by atoms with E-state index in [9.17, 15) is 18.0 Å². The molecule has 0 atom stereocenters. The van der Waals surface area contributed by atoms with Crippen LogP contribution in [-0.2, 0) is 19.4 Å². The molecule has 2 aromatic heterocycles. The summed E-state index contributed by atoms with van der Waals surface area (Å²) in [4.78, 5) is 37.7. The summed E-state index contributed by atoms with van der Waals surface area (Å²) in [5.74, 6) is -0.569. The number of benzene rings is 2. The second-order valence-corrected chi connectivity index (χ2v) is 15.0. The Balaban J connectivity index is 1.34. The molecule has 0 radical (unpaired) electrons. The third kappa shape index (κ3) is 6.61. The second kappa shape index (κ2) is 13.0. The van der Waals surface area contributed by atoms with Crippen LogP contribution in [0.1, 0.15) is 11.5 Å². The van der Waals surface area contributed by atoms with Gasteiger partial charge in [0.05, 0.1) is 28.1 Å². The number of halogens is 1. The highest BCUT2D eigenvalue weighted by molar-refractivity contribution is 8.42. The zero-order valence-electron chi connectivity index (χ0n) is 25.1. The SMILES string of the molecule is CS(=O)(=O)C1=NN2C(=N)/C(=C\c3cc(N4C(=O)/C(=C\C=C\c5ccco5)SC4=Nc4ccccc4)c(-c4ccc(Cl)cc4)o3)C(=O)N=C2S1. The number of aliphatic imine (C=N–C) groups is 2. The predicted octanol–water partition coefficient (Wildman–Crippen LogP) is 7.18. The molecular weight excluding hydrogens is 708 g/mol. The predicted molar refractivity (Wildman–Crippen MR) is 193 cm³/mol. The van der Waals surface area contributed by atoms with Crippen LogP contribution in [0.25, 0.3) is 23.5 Å². The highest BCUT2D eigenvalue weighted by atomic mass is 35.5. The average Bonchev–Trinajstić information content (AvgIpc) is 3.88. The number of thioether (sulfide) groups is 2. The summed E-state index contributed by atoms with van der Waals surface area (Å²) >= 11 is 8.03. The molecule has 12 nitrogen and oxygen atoms in total. The Morgan fingerprint density at radius 1 is 1.00 bits per heavy atom. The van der Waals surface area contributed by atoms with Crippen LogP contribution in [0.4, 0.5) is 11.4 Å². The van der Waals surface area contributed by atoms with Gasteiger partial charge in [-0.15, -0.1) is 5.10 Å². The minimum atomic E-state index is -3.71. The van der Waals surface area contributed by atoms with E-state index in [4.69, 9.17) is 30.8 Å². The van der Waals surface area contributed by atoms with E-state index in [2.05, 4.69) is 10.1 Å². The van der Waals surface area contributed by atoms with Gasteiger partial charge in [0.1, 0.15) is 11.5 Å². The van der Waals surface area contributed by atoms with Crippen molar-refractivity contribution in [2.75, 3.05) is 11.2 Å². The van der Waals surface area contributed by atoms with Gasteiger partial charge in [0, 0.05) is 22.9 Å². The van der Waals surface area contributed by atoms with E-state index < -0.39 is 15.7 Å². The number of carbonyl (C=O) groups excluding carboxylic acids is 2. The summed E-state index contributed by atoms with van der Waals surface area (Å²) in [5, 5.41) is 14.4. The van der Waals surface area contributed by atoms with Gasteiger partial charge in [0.15, 0.2) is 16.8 Å². The van der Waals surface area contributed by atoms with Crippen molar-refractivity contribution in [3.05, 3.63) is 118 Å². The first-order chi connectivity index (χ1) is 23.5. The number of nitrogens with one attached hydrogen (secondary N) is 1. The molecular formula is C33H21ClN6O6S3. The number of fused-ring (bicyclic) bond motifs is 1. The fourth-order valence-electron chi connectivity index (χ4n) is 4.72. The second-order valence-electron chi connectivity index (χ2n) is 10.4. The number of furan rings is 2. The normalized spacial score (nSPS) is 19.1. The molecule has 49 heavy (non-hydrogen) atoms. The number of anilines is 1. The summed E-state index contributed by atoms with van der Waals surface area (Å²) < 4.78 is 35.5. The van der Waals surface area contributed by atoms with E-state index in [1.807, 2.05) is 30.3 Å². The molecule has 4 aromatic rings. The third-order valence-corrected chi connectivity index (χ3v) is 10.8. The first-order valence-electron chi connectivity index (χ1n) is 14.2. The van der Waals surface area contributed by atoms with Crippen molar-refractivity contribution in [3.8, 4) is 11.3 Å². The third-order valence-electron chi connectivity index (χ3n) is 6.96. The first-order valence-corrected chi connectivity index (χ1v) is 18.1. The van der Waals surface area contributed by atoms with Gasteiger partial charge in [0.2, 0.25) is 19.4 Å². The molecule has 0 bridgehead atoms. The van der Waals surface area contributed by atoms with Crippen LogP contribution in [0.2, 0.25) is 5.02 Å². The average molecular weight is 729 g/mol. The highest BCUT2D eigenvalue weighted by Crippen LogP contribution is 2.43. The quantitative estimate of drug-likeness (QED) is 0.203. The summed E-state index contributed by atoms with van der Waals surface area (Å²) in [6.45, 7) is 0. The summed E-state index contributed by atoms with van der Waals surface area (Å²) in [6, 6.07) is 21.0. The number of rotatable bonds is 6. The number of allylic oxidation sites excluding steroid dienone is 2. The number of hydrogen-bond donors (Lipinski definition) is 1. The Kier molecular flexibility index (Phi) is 8.58. The molecule has 3 aliphatic heterocycles. The van der Waals surface area contributed by atoms with E-state index in [-0.39, 0.29) is 38.4 Å². The van der Waals surface area contributed by atoms with Crippen molar-refractivity contribution in [1.82, 2.24) is 5.01 Å². The number of amides is 2. The van der Waals surface area contributed by atoms with E-state index in [1.54, 1.807) is 67.0 Å². The van der Waals surface area contributed by atoms with Crippen molar-refractivity contribution in [2.24, 2.45) is 15.1 Å². The molecule has 5 heterocycles. The van der Waals surface area contributed by atoms with E-state index >= 15 is 0 Å². The maximum Gasteiger partial charge on any atom is 0.283 e. The highest BCUT2D eigenvalue weighted by Gasteiger charge is 2.40. The lowest BCUT2D eigenvalue weighted by molar-refractivity contribution is -0.114. The molecule has 0 unspecified atom stereocenters. The lowest BCUT2D eigenvalue weighted by Crippen LogP contribution is -2.35. The summed E-state index contributed by atoms with van der Waals surface area (Å²) in [7, 11) is -3.71. The van der Waals surface area contributed by atoms with Crippen LogP contribution in [-0.4, -0.2) is 52.0 Å². The van der Waals surface area contributed by atoms with Gasteiger partial charge in [-0.05, 0) is 90.3 Å². The van der Waals surface area contributed by atoms with Crippen LogP contribution in [0.3, 0.4) is 0 Å². The van der Waals surface area contributed by atoms with Crippen LogP contribution in [0.5, 0.6) is 0 Å². The van der Waals surface area contributed by atoms with Crippen molar-refractivity contribution in [1.29, 1.82) is 5.41 Å². The molecule has 7 rings (SSSR count). The largest absolute Gasteiger partial charge is 0.465 e. The summed E-state index contributed by atoms with van der Waals surface area (Å²) in [6.07, 6.45) is 8.93. The van der Waals surface area contributed by atoms with Gasteiger partial charge >= 0.3 is 0 Å². The molecule has 0 spiro atoms. The van der Waals surface area contributed by atoms with Crippen LogP contribution >= 0.6 is 35.1 Å². The van der Waals surface area contributed by atoms with E-state index in [0.29, 0.717) is 49.6 Å². The molecule has 1 fully saturated rings. The minimum absolute atomic E-state index is 0.0450. The van der Waals surface area contributed by atoms with Crippen molar-refractivity contribution in [2.45, 2.75) is 0 Å². The maximum atomic E-state index is 14.1. The first kappa shape index (κ1) is 32.3. The van der Waals surface area contributed by atoms with Crippen molar-refractivity contribution in [3.63, 3.8) is 0 Å². The smallest absolute Gasteiger partial charge is 0.283 e. The Morgan fingerprint density at radius 3 is 2.49 bits per heavy atom. The van der Waals surface area contributed by atoms with Crippen LogP contribution in [0, 0.1) is 5.41 Å². The molecule has 1 saturated heterocycles. The monoisotopic (exact) mass is 728 g/mol. The zero-order valence-corrected chi connectivity index (χ0v) is 28.3. The summed E-state index contributed by atoms with van der Waals surface area (Å²) in [5.41, 5.74) is 1.30. The Morgan fingerprint density at radius 2 is 1.78 bits per heavy atom. The van der Waals surface area contributed by atoms with E-state index in [1.165, 1.54) is 22.7 Å². The molecule has 2 aromatic carbocycles. The molecule has 3 aliphatic rings. The zero-order chi connectivity index (χ0) is 34.3. The fourth-order valence-corrected chi connectivity index (χ4v) is 7.47. The standard InChI is InChI=1S/C33H21ClN6O6S3/c1-49(43,44)33-38-40-28(35)24(29(41)37-32(40)48-33)17-23-18-25(27(46-23)19-12-14-20(34)15-13-19)39-30(42)26(11-5-9-22-10-6-16-45-22)47-31(39)36-21-7-3-2-4-8-21/h2-18,35H,1H3/b9-5+,24-17+,26-11+,35-28?,36-31?. The maximum absolute atomic E-state index is 14.1. The van der Waals surface area contributed by atoms with Crippen LogP contribution in [0.15, 0.2) is 126 Å². The number of hydrogen-bond acceptors (Lipinski definition) is 11. The van der Waals surface area contributed by atoms with E-state index in [0.717, 1.165) is 11.3 Å². The topological polar surface area (TPSA) is 162 Å². The molecule has 16 heteroatoms. The Bertz CT molecular complexity index is 2320. The fraction of sp³-hybridized carbons (Fsp3) is 0.0303. The minimum Gasteiger partial charge on any atom is -0.465 e. The number of hydrazone groups is 1. The van der Waals surface area contributed by atoms with Crippen molar-refractivity contribution >= 4 is 101 Å². The number of para-hydroxylation sites is 1. The van der Waals surface area contributed by atoms with Gasteiger partial charge in [-0.2, -0.15) is 10.0 Å². The number of nitrogens with zero attached hydrogens (tertiary/aromatic N) is 5. The number of carbonyl (C=O) groups is 2. The van der Waals surface area contributed by atoms with Gasteiger partial charge in [-0.1, -0.05) is 35.9 Å². The van der Waals surface area contributed by atoms with Crippen molar-refractivity contribution < 1.29 is 26.8 Å². The Hall–Kier alpha value is -5.22. The van der Waals surface area contributed by atoms with Gasteiger partial charge < -0.3 is 8.83 Å². The van der Waals surface area contributed by atoms with Gasteiger partial charge in [-0.3, -0.25) is 19.9 Å².